The van der Waals surface area contributed by atoms with Crippen LogP contribution in [-0.4, -0.2) is 60.9 Å². The standard InChI is InChI=1S/C18H24N6O2/c1-14(25)24(17-4-2-16(21)3-5-17)18(26)15(12-20)13-23-10-8-22(7-6-19)9-11-23/h2-5,13H,6-11,19,21H2,1H3/b15-13-. The second kappa shape index (κ2) is 8.99. The van der Waals surface area contributed by atoms with Gasteiger partial charge in [-0.15, -0.1) is 0 Å². The van der Waals surface area contributed by atoms with Crippen molar-refractivity contribution < 1.29 is 9.59 Å². The van der Waals surface area contributed by atoms with Gasteiger partial charge in [0, 0.05) is 58.1 Å². The lowest BCUT2D eigenvalue weighted by Gasteiger charge is -2.34. The van der Waals surface area contributed by atoms with Crippen molar-refractivity contribution >= 4 is 23.2 Å². The fraction of sp³-hybridized carbons (Fsp3) is 0.389. The average Bonchev–Trinajstić information content (AvgIpc) is 2.62. The molecule has 1 aromatic carbocycles. The molecule has 0 spiro atoms. The van der Waals surface area contributed by atoms with E-state index in [2.05, 4.69) is 4.90 Å². The van der Waals surface area contributed by atoms with Crippen LogP contribution in [0.4, 0.5) is 11.4 Å². The molecule has 2 rings (SSSR count). The Hall–Kier alpha value is -2.89. The summed E-state index contributed by atoms with van der Waals surface area (Å²) >= 11 is 0. The van der Waals surface area contributed by atoms with Crippen LogP contribution < -0.4 is 16.4 Å². The quantitative estimate of drug-likeness (QED) is 0.437. The molecule has 0 saturated carbocycles. The molecule has 0 bridgehead atoms. The Labute approximate surface area is 153 Å². The molecule has 0 atom stereocenters. The molecule has 1 heterocycles. The van der Waals surface area contributed by atoms with Crippen molar-refractivity contribution in [3.05, 3.63) is 36.0 Å². The number of hydrogen-bond donors (Lipinski definition) is 2. The zero-order valence-electron chi connectivity index (χ0n) is 14.9. The Balaban J connectivity index is 2.16. The van der Waals surface area contributed by atoms with Crippen molar-refractivity contribution in [2.24, 2.45) is 5.73 Å². The van der Waals surface area contributed by atoms with Crippen LogP contribution in [0.1, 0.15) is 6.92 Å². The van der Waals surface area contributed by atoms with E-state index in [-0.39, 0.29) is 5.57 Å². The lowest BCUT2D eigenvalue weighted by atomic mass is 10.2. The van der Waals surface area contributed by atoms with Crippen molar-refractivity contribution in [3.8, 4) is 6.07 Å². The summed E-state index contributed by atoms with van der Waals surface area (Å²) in [6.45, 7) is 5.74. The highest BCUT2D eigenvalue weighted by atomic mass is 16.2. The second-order valence-electron chi connectivity index (χ2n) is 6.07. The fourth-order valence-corrected chi connectivity index (χ4v) is 2.80. The van der Waals surface area contributed by atoms with Gasteiger partial charge in [0.15, 0.2) is 0 Å². The molecule has 26 heavy (non-hydrogen) atoms. The number of nitrogens with two attached hydrogens (primary N) is 2. The van der Waals surface area contributed by atoms with Crippen molar-refractivity contribution in [2.45, 2.75) is 6.92 Å². The van der Waals surface area contributed by atoms with E-state index in [0.29, 0.717) is 31.0 Å². The Bertz CT molecular complexity index is 714. The van der Waals surface area contributed by atoms with Gasteiger partial charge >= 0.3 is 0 Å². The summed E-state index contributed by atoms with van der Waals surface area (Å²) in [7, 11) is 0. The molecule has 1 aliphatic rings. The maximum Gasteiger partial charge on any atom is 0.277 e. The van der Waals surface area contributed by atoms with Gasteiger partial charge in [0.1, 0.15) is 11.6 Å². The van der Waals surface area contributed by atoms with E-state index in [0.717, 1.165) is 24.5 Å². The molecule has 1 saturated heterocycles. The van der Waals surface area contributed by atoms with Gasteiger partial charge < -0.3 is 16.4 Å². The van der Waals surface area contributed by atoms with E-state index in [1.807, 2.05) is 11.0 Å². The van der Waals surface area contributed by atoms with Crippen LogP contribution in [0.15, 0.2) is 36.0 Å². The molecule has 4 N–H and O–H groups in total. The predicted octanol–water partition coefficient (Wildman–Crippen LogP) is 0.132. The number of nitriles is 1. The zero-order valence-corrected chi connectivity index (χ0v) is 14.9. The summed E-state index contributed by atoms with van der Waals surface area (Å²) in [5.41, 5.74) is 12.0. The number of carbonyl (C=O) groups excluding carboxylic acids is 2. The van der Waals surface area contributed by atoms with Crippen LogP contribution >= 0.6 is 0 Å². The van der Waals surface area contributed by atoms with Gasteiger partial charge in [-0.3, -0.25) is 14.5 Å². The maximum absolute atomic E-state index is 12.8. The number of imide groups is 1. The third-order valence-corrected chi connectivity index (χ3v) is 4.18. The molecule has 0 radical (unpaired) electrons. The highest BCUT2D eigenvalue weighted by Gasteiger charge is 2.25. The minimum absolute atomic E-state index is 0.0794. The Morgan fingerprint density at radius 3 is 2.35 bits per heavy atom. The molecule has 0 unspecified atom stereocenters. The smallest absolute Gasteiger partial charge is 0.277 e. The number of benzene rings is 1. The summed E-state index contributed by atoms with van der Waals surface area (Å²) in [6.07, 6.45) is 1.54. The Kier molecular flexibility index (Phi) is 6.72. The number of amides is 2. The number of carbonyl (C=O) groups is 2. The van der Waals surface area contributed by atoms with E-state index >= 15 is 0 Å². The predicted molar refractivity (Wildman–Crippen MR) is 99.8 cm³/mol. The van der Waals surface area contributed by atoms with Gasteiger partial charge in [0.2, 0.25) is 5.91 Å². The summed E-state index contributed by atoms with van der Waals surface area (Å²) in [6, 6.07) is 8.28. The highest BCUT2D eigenvalue weighted by Crippen LogP contribution is 2.19. The number of piperazine rings is 1. The normalized spacial score (nSPS) is 15.4. The summed E-state index contributed by atoms with van der Waals surface area (Å²) < 4.78 is 0. The van der Waals surface area contributed by atoms with E-state index in [9.17, 15) is 14.9 Å². The number of anilines is 2. The zero-order chi connectivity index (χ0) is 19.1. The minimum Gasteiger partial charge on any atom is -0.399 e. The van der Waals surface area contributed by atoms with Gasteiger partial charge in [0.25, 0.3) is 5.91 Å². The van der Waals surface area contributed by atoms with Crippen molar-refractivity contribution in [1.82, 2.24) is 9.80 Å². The SMILES string of the molecule is CC(=O)N(C(=O)/C(C#N)=C\N1CCN(CCN)CC1)c1ccc(N)cc1. The fourth-order valence-electron chi connectivity index (χ4n) is 2.80. The molecular weight excluding hydrogens is 332 g/mol. The molecular formula is C18H24N6O2. The first-order valence-electron chi connectivity index (χ1n) is 8.45. The van der Waals surface area contributed by atoms with Crippen molar-refractivity contribution in [3.63, 3.8) is 0 Å². The molecule has 2 amide bonds. The number of hydrogen-bond acceptors (Lipinski definition) is 7. The lowest BCUT2D eigenvalue weighted by molar-refractivity contribution is -0.123. The van der Waals surface area contributed by atoms with Crippen molar-refractivity contribution in [1.29, 1.82) is 5.26 Å². The van der Waals surface area contributed by atoms with Crippen LogP contribution in [-0.2, 0) is 9.59 Å². The first kappa shape index (κ1) is 19.4. The van der Waals surface area contributed by atoms with E-state index < -0.39 is 11.8 Å². The first-order valence-corrected chi connectivity index (χ1v) is 8.45. The largest absolute Gasteiger partial charge is 0.399 e. The molecule has 1 fully saturated rings. The molecule has 8 nitrogen and oxygen atoms in total. The van der Waals surface area contributed by atoms with Gasteiger partial charge in [-0.2, -0.15) is 5.26 Å². The second-order valence-corrected chi connectivity index (χ2v) is 6.07. The molecule has 138 valence electrons. The van der Waals surface area contributed by atoms with Crippen LogP contribution in [0, 0.1) is 11.3 Å². The Morgan fingerprint density at radius 2 is 1.85 bits per heavy atom. The number of rotatable bonds is 5. The van der Waals surface area contributed by atoms with E-state index in [1.165, 1.54) is 13.1 Å². The van der Waals surface area contributed by atoms with Crippen molar-refractivity contribution in [2.75, 3.05) is 49.9 Å². The third kappa shape index (κ3) is 4.81. The Morgan fingerprint density at radius 1 is 1.23 bits per heavy atom. The van der Waals surface area contributed by atoms with Crippen LogP contribution in [0.25, 0.3) is 0 Å². The summed E-state index contributed by atoms with van der Waals surface area (Å²) in [4.78, 5) is 29.9. The first-order chi connectivity index (χ1) is 12.5. The lowest BCUT2D eigenvalue weighted by Crippen LogP contribution is -2.46. The van der Waals surface area contributed by atoms with Crippen LogP contribution in [0.5, 0.6) is 0 Å². The van der Waals surface area contributed by atoms with Crippen LogP contribution in [0.3, 0.4) is 0 Å². The monoisotopic (exact) mass is 356 g/mol. The highest BCUT2D eigenvalue weighted by molar-refractivity contribution is 6.21. The maximum atomic E-state index is 12.8. The minimum atomic E-state index is -0.644. The average molecular weight is 356 g/mol. The van der Waals surface area contributed by atoms with Gasteiger partial charge in [-0.1, -0.05) is 0 Å². The van der Waals surface area contributed by atoms with Gasteiger partial charge in [-0.25, -0.2) is 4.90 Å². The van der Waals surface area contributed by atoms with Crippen LogP contribution in [0.2, 0.25) is 0 Å². The van der Waals surface area contributed by atoms with Gasteiger partial charge in [0.05, 0.1) is 5.69 Å². The van der Waals surface area contributed by atoms with E-state index in [1.54, 1.807) is 24.3 Å². The number of nitrogen functional groups attached to an aromatic ring is 1. The molecule has 0 aromatic heterocycles. The molecule has 8 heteroatoms. The van der Waals surface area contributed by atoms with E-state index in [4.69, 9.17) is 11.5 Å². The molecule has 1 aromatic rings. The molecule has 0 aliphatic carbocycles. The third-order valence-electron chi connectivity index (χ3n) is 4.18. The summed E-state index contributed by atoms with van der Waals surface area (Å²) in [5, 5.41) is 9.43. The van der Waals surface area contributed by atoms with Gasteiger partial charge in [-0.05, 0) is 24.3 Å². The number of nitrogens with zero attached hydrogens (tertiary/aromatic N) is 4. The summed E-state index contributed by atoms with van der Waals surface area (Å²) in [5.74, 6) is -1.11. The molecule has 1 aliphatic heterocycles. The topological polar surface area (TPSA) is 120 Å².